The smallest absolute Gasteiger partial charge is 0.234 e. The van der Waals surface area contributed by atoms with Crippen molar-refractivity contribution in [2.45, 2.75) is 33.7 Å². The molecule has 0 unspecified atom stereocenters. The number of aromatic nitrogens is 1. The highest BCUT2D eigenvalue weighted by Crippen LogP contribution is 2.08. The quantitative estimate of drug-likeness (QED) is 0.732. The molecule has 21 heavy (non-hydrogen) atoms. The molecule has 0 aliphatic carbocycles. The summed E-state index contributed by atoms with van der Waals surface area (Å²) in [6.07, 6.45) is 2.88. The van der Waals surface area contributed by atoms with Crippen LogP contribution in [0.4, 0.5) is 5.82 Å². The summed E-state index contributed by atoms with van der Waals surface area (Å²) >= 11 is 0. The SMILES string of the molecule is CCCNc1cc(CN(C)CC(=O)NCC(C)C)ccn1. The van der Waals surface area contributed by atoms with Crippen LogP contribution in [0.25, 0.3) is 0 Å². The van der Waals surface area contributed by atoms with Gasteiger partial charge in [-0.3, -0.25) is 9.69 Å². The van der Waals surface area contributed by atoms with Crippen LogP contribution in [0.3, 0.4) is 0 Å². The summed E-state index contributed by atoms with van der Waals surface area (Å²) in [5, 5.41) is 6.21. The lowest BCUT2D eigenvalue weighted by Gasteiger charge is -2.17. The normalized spacial score (nSPS) is 11.0. The summed E-state index contributed by atoms with van der Waals surface area (Å²) in [5.74, 6) is 1.45. The molecule has 1 aromatic heterocycles. The van der Waals surface area contributed by atoms with E-state index in [2.05, 4.69) is 36.4 Å². The maximum atomic E-state index is 11.8. The van der Waals surface area contributed by atoms with Crippen molar-refractivity contribution in [2.24, 2.45) is 5.92 Å². The van der Waals surface area contributed by atoms with E-state index in [1.807, 2.05) is 24.1 Å². The number of nitrogens with one attached hydrogen (secondary N) is 2. The molecule has 1 heterocycles. The van der Waals surface area contributed by atoms with E-state index in [9.17, 15) is 4.79 Å². The number of carbonyl (C=O) groups is 1. The molecular formula is C16H28N4O. The Hall–Kier alpha value is -1.62. The Kier molecular flexibility index (Phi) is 7.75. The van der Waals surface area contributed by atoms with Crippen LogP contribution in [0.1, 0.15) is 32.8 Å². The summed E-state index contributed by atoms with van der Waals surface area (Å²) in [7, 11) is 1.95. The predicted molar refractivity (Wildman–Crippen MR) is 87.2 cm³/mol. The number of hydrogen-bond donors (Lipinski definition) is 2. The number of likely N-dealkylation sites (N-methyl/N-ethyl adjacent to an activating group) is 1. The average Bonchev–Trinajstić information content (AvgIpc) is 2.43. The molecule has 0 spiro atoms. The Morgan fingerprint density at radius 1 is 1.43 bits per heavy atom. The van der Waals surface area contributed by atoms with Crippen LogP contribution < -0.4 is 10.6 Å². The Morgan fingerprint density at radius 2 is 2.19 bits per heavy atom. The molecule has 1 amide bonds. The number of rotatable bonds is 9. The van der Waals surface area contributed by atoms with Crippen molar-refractivity contribution in [3.8, 4) is 0 Å². The van der Waals surface area contributed by atoms with Crippen LogP contribution >= 0.6 is 0 Å². The molecule has 118 valence electrons. The Bertz CT molecular complexity index is 434. The molecule has 5 heteroatoms. The first-order chi connectivity index (χ1) is 10.0. The van der Waals surface area contributed by atoms with E-state index in [1.54, 1.807) is 6.20 Å². The molecule has 0 fully saturated rings. The van der Waals surface area contributed by atoms with Crippen molar-refractivity contribution in [1.29, 1.82) is 0 Å². The Labute approximate surface area is 128 Å². The van der Waals surface area contributed by atoms with Gasteiger partial charge in [-0.2, -0.15) is 0 Å². The molecule has 5 nitrogen and oxygen atoms in total. The standard InChI is InChI=1S/C16H28N4O/c1-5-7-17-15-9-14(6-8-18-15)11-20(4)12-16(21)19-10-13(2)3/h6,8-9,13H,5,7,10-12H2,1-4H3,(H,17,18)(H,19,21). The van der Waals surface area contributed by atoms with Crippen LogP contribution in [0.2, 0.25) is 0 Å². The highest BCUT2D eigenvalue weighted by molar-refractivity contribution is 5.77. The van der Waals surface area contributed by atoms with Crippen molar-refractivity contribution < 1.29 is 4.79 Å². The molecule has 0 saturated heterocycles. The number of hydrogen-bond acceptors (Lipinski definition) is 4. The van der Waals surface area contributed by atoms with Crippen LogP contribution in [0, 0.1) is 5.92 Å². The van der Waals surface area contributed by atoms with Crippen molar-refractivity contribution >= 4 is 11.7 Å². The summed E-state index contributed by atoms with van der Waals surface area (Å²) in [5.41, 5.74) is 1.16. The highest BCUT2D eigenvalue weighted by Gasteiger charge is 2.08. The summed E-state index contributed by atoms with van der Waals surface area (Å²) < 4.78 is 0. The van der Waals surface area contributed by atoms with E-state index >= 15 is 0 Å². The number of carbonyl (C=O) groups excluding carboxylic acids is 1. The molecule has 0 aliphatic rings. The molecule has 0 aliphatic heterocycles. The minimum atomic E-state index is 0.0737. The zero-order chi connectivity index (χ0) is 15.7. The van der Waals surface area contributed by atoms with E-state index in [-0.39, 0.29) is 5.91 Å². The van der Waals surface area contributed by atoms with Crippen LogP contribution in [-0.4, -0.2) is 42.5 Å². The van der Waals surface area contributed by atoms with Gasteiger partial charge < -0.3 is 10.6 Å². The van der Waals surface area contributed by atoms with Gasteiger partial charge in [0.25, 0.3) is 0 Å². The van der Waals surface area contributed by atoms with E-state index in [1.165, 1.54) is 0 Å². The topological polar surface area (TPSA) is 57.3 Å². The third-order valence-corrected chi connectivity index (χ3v) is 2.95. The van der Waals surface area contributed by atoms with E-state index in [0.29, 0.717) is 12.5 Å². The van der Waals surface area contributed by atoms with Crippen molar-refractivity contribution in [3.63, 3.8) is 0 Å². The first-order valence-corrected chi connectivity index (χ1v) is 7.65. The molecule has 0 atom stereocenters. The fourth-order valence-corrected chi connectivity index (χ4v) is 1.91. The zero-order valence-electron chi connectivity index (χ0n) is 13.6. The third-order valence-electron chi connectivity index (χ3n) is 2.95. The van der Waals surface area contributed by atoms with Gasteiger partial charge in [0.05, 0.1) is 6.54 Å². The van der Waals surface area contributed by atoms with Crippen LogP contribution in [0.15, 0.2) is 18.3 Å². The van der Waals surface area contributed by atoms with Crippen molar-refractivity contribution in [2.75, 3.05) is 32.0 Å². The Morgan fingerprint density at radius 3 is 2.86 bits per heavy atom. The van der Waals surface area contributed by atoms with Gasteiger partial charge in [-0.15, -0.1) is 0 Å². The first kappa shape index (κ1) is 17.4. The van der Waals surface area contributed by atoms with Crippen molar-refractivity contribution in [1.82, 2.24) is 15.2 Å². The fourth-order valence-electron chi connectivity index (χ4n) is 1.91. The molecular weight excluding hydrogens is 264 g/mol. The van der Waals surface area contributed by atoms with E-state index < -0.39 is 0 Å². The second kappa shape index (κ2) is 9.34. The van der Waals surface area contributed by atoms with Crippen molar-refractivity contribution in [3.05, 3.63) is 23.9 Å². The first-order valence-electron chi connectivity index (χ1n) is 7.65. The monoisotopic (exact) mass is 292 g/mol. The van der Waals surface area contributed by atoms with Gasteiger partial charge >= 0.3 is 0 Å². The van der Waals surface area contributed by atoms with Gasteiger partial charge in [-0.1, -0.05) is 20.8 Å². The van der Waals surface area contributed by atoms with Gasteiger partial charge in [-0.25, -0.2) is 4.98 Å². The van der Waals surface area contributed by atoms with Gasteiger partial charge in [0.2, 0.25) is 5.91 Å². The Balaban J connectivity index is 2.43. The fraction of sp³-hybridized carbons (Fsp3) is 0.625. The van der Waals surface area contributed by atoms with E-state index in [0.717, 1.165) is 37.4 Å². The molecule has 0 radical (unpaired) electrons. The lowest BCUT2D eigenvalue weighted by Crippen LogP contribution is -2.36. The molecule has 0 aromatic carbocycles. The van der Waals surface area contributed by atoms with Gasteiger partial charge in [-0.05, 0) is 37.1 Å². The number of pyridine rings is 1. The number of nitrogens with zero attached hydrogens (tertiary/aromatic N) is 2. The largest absolute Gasteiger partial charge is 0.370 e. The molecule has 0 bridgehead atoms. The predicted octanol–water partition coefficient (Wildman–Crippen LogP) is 2.11. The molecule has 2 N–H and O–H groups in total. The van der Waals surface area contributed by atoms with Gasteiger partial charge in [0.15, 0.2) is 0 Å². The minimum absolute atomic E-state index is 0.0737. The molecule has 0 saturated carbocycles. The van der Waals surface area contributed by atoms with Gasteiger partial charge in [0, 0.05) is 25.8 Å². The lowest BCUT2D eigenvalue weighted by atomic mass is 10.2. The number of amides is 1. The van der Waals surface area contributed by atoms with Crippen LogP contribution in [0.5, 0.6) is 0 Å². The average molecular weight is 292 g/mol. The maximum Gasteiger partial charge on any atom is 0.234 e. The van der Waals surface area contributed by atoms with E-state index in [4.69, 9.17) is 0 Å². The summed E-state index contributed by atoms with van der Waals surface area (Å²) in [6, 6.07) is 4.03. The summed E-state index contributed by atoms with van der Waals surface area (Å²) in [6.45, 7) is 9.10. The molecule has 1 rings (SSSR count). The highest BCUT2D eigenvalue weighted by atomic mass is 16.2. The zero-order valence-corrected chi connectivity index (χ0v) is 13.6. The summed E-state index contributed by atoms with van der Waals surface area (Å²) in [4.78, 5) is 18.1. The lowest BCUT2D eigenvalue weighted by molar-refractivity contribution is -0.122. The van der Waals surface area contributed by atoms with Gasteiger partial charge in [0.1, 0.15) is 5.82 Å². The second-order valence-corrected chi connectivity index (χ2v) is 5.85. The van der Waals surface area contributed by atoms with Crippen LogP contribution in [-0.2, 0) is 11.3 Å². The maximum absolute atomic E-state index is 11.8. The number of anilines is 1. The third kappa shape index (κ3) is 7.66. The molecule has 1 aromatic rings. The second-order valence-electron chi connectivity index (χ2n) is 5.85. The minimum Gasteiger partial charge on any atom is -0.370 e.